The SMILES string of the molecule is CC(C)(C)c1ccc(C(Br)C2CCc3ccccc3C2)s1. The van der Waals surface area contributed by atoms with Crippen molar-refractivity contribution in [3.8, 4) is 0 Å². The summed E-state index contributed by atoms with van der Waals surface area (Å²) in [6.07, 6.45) is 3.71. The Bertz CT molecular complexity index is 620. The van der Waals surface area contributed by atoms with Crippen LogP contribution in [0.5, 0.6) is 0 Å². The van der Waals surface area contributed by atoms with Crippen LogP contribution in [0.4, 0.5) is 0 Å². The molecule has 0 aliphatic heterocycles. The number of fused-ring (bicyclic) bond motifs is 1. The second-order valence-electron chi connectivity index (χ2n) is 7.13. The first kappa shape index (κ1) is 15.3. The first-order valence-electron chi connectivity index (χ1n) is 7.76. The summed E-state index contributed by atoms with van der Waals surface area (Å²) >= 11 is 5.97. The minimum Gasteiger partial charge on any atom is -0.144 e. The number of thiophene rings is 1. The molecule has 1 aliphatic rings. The van der Waals surface area contributed by atoms with Crippen molar-refractivity contribution in [2.24, 2.45) is 5.92 Å². The molecule has 0 spiro atoms. The van der Waals surface area contributed by atoms with Crippen molar-refractivity contribution in [3.63, 3.8) is 0 Å². The molecule has 0 radical (unpaired) electrons. The van der Waals surface area contributed by atoms with E-state index in [-0.39, 0.29) is 5.41 Å². The molecule has 2 heteroatoms. The van der Waals surface area contributed by atoms with Crippen LogP contribution < -0.4 is 0 Å². The average molecular weight is 363 g/mol. The van der Waals surface area contributed by atoms with E-state index in [9.17, 15) is 0 Å². The first-order valence-corrected chi connectivity index (χ1v) is 9.49. The largest absolute Gasteiger partial charge is 0.144 e. The predicted octanol–water partition coefficient (Wildman–Crippen LogP) is 6.29. The maximum atomic E-state index is 3.99. The summed E-state index contributed by atoms with van der Waals surface area (Å²) in [5, 5.41) is 0. The zero-order chi connectivity index (χ0) is 15.0. The summed E-state index contributed by atoms with van der Waals surface area (Å²) in [5.41, 5.74) is 3.36. The van der Waals surface area contributed by atoms with Crippen LogP contribution in [0.1, 0.15) is 52.9 Å². The highest BCUT2D eigenvalue weighted by molar-refractivity contribution is 9.09. The molecular formula is C19H23BrS. The van der Waals surface area contributed by atoms with E-state index in [1.807, 2.05) is 11.3 Å². The molecule has 21 heavy (non-hydrogen) atoms. The third kappa shape index (κ3) is 3.27. The number of halogens is 1. The summed E-state index contributed by atoms with van der Waals surface area (Å²) in [4.78, 5) is 3.47. The van der Waals surface area contributed by atoms with Gasteiger partial charge in [0, 0.05) is 9.75 Å². The lowest BCUT2D eigenvalue weighted by molar-refractivity contribution is 0.456. The van der Waals surface area contributed by atoms with Crippen LogP contribution in [0, 0.1) is 5.92 Å². The average Bonchev–Trinajstić information content (AvgIpc) is 2.96. The minimum atomic E-state index is 0.259. The van der Waals surface area contributed by atoms with E-state index in [1.165, 1.54) is 29.0 Å². The van der Waals surface area contributed by atoms with Gasteiger partial charge in [0.05, 0.1) is 4.83 Å². The predicted molar refractivity (Wildman–Crippen MR) is 96.6 cm³/mol. The summed E-state index contributed by atoms with van der Waals surface area (Å²) in [6, 6.07) is 13.6. The molecule has 3 rings (SSSR count). The van der Waals surface area contributed by atoms with Crippen molar-refractivity contribution >= 4 is 27.3 Å². The normalized spacial score (nSPS) is 20.1. The molecule has 0 bridgehead atoms. The molecule has 0 fully saturated rings. The van der Waals surface area contributed by atoms with E-state index in [2.05, 4.69) is 73.1 Å². The number of benzene rings is 1. The lowest BCUT2D eigenvalue weighted by Crippen LogP contribution is -2.17. The van der Waals surface area contributed by atoms with Gasteiger partial charge in [0.1, 0.15) is 0 Å². The molecule has 1 aliphatic carbocycles. The fourth-order valence-corrected chi connectivity index (χ4v) is 5.13. The van der Waals surface area contributed by atoms with Crippen LogP contribution >= 0.6 is 27.3 Å². The van der Waals surface area contributed by atoms with Gasteiger partial charge in [0.2, 0.25) is 0 Å². The quantitative estimate of drug-likeness (QED) is 0.550. The number of alkyl halides is 1. The van der Waals surface area contributed by atoms with Gasteiger partial charge in [-0.25, -0.2) is 0 Å². The van der Waals surface area contributed by atoms with Gasteiger partial charge in [0.15, 0.2) is 0 Å². The lowest BCUT2D eigenvalue weighted by Gasteiger charge is -2.28. The maximum absolute atomic E-state index is 3.99. The molecule has 0 amide bonds. The molecule has 2 aromatic rings. The first-order chi connectivity index (χ1) is 9.95. The smallest absolute Gasteiger partial charge is 0.0520 e. The third-order valence-electron chi connectivity index (χ3n) is 4.44. The Labute approximate surface area is 140 Å². The van der Waals surface area contributed by atoms with Gasteiger partial charge in [-0.05, 0) is 53.9 Å². The summed E-state index contributed by atoms with van der Waals surface area (Å²) in [5.74, 6) is 0.714. The van der Waals surface area contributed by atoms with Crippen LogP contribution in [0.15, 0.2) is 36.4 Å². The third-order valence-corrected chi connectivity index (χ3v) is 7.57. The van der Waals surface area contributed by atoms with Gasteiger partial charge >= 0.3 is 0 Å². The van der Waals surface area contributed by atoms with Gasteiger partial charge in [-0.3, -0.25) is 0 Å². The standard InChI is InChI=1S/C19H23BrS/c1-19(2,3)17-11-10-16(21-17)18(20)15-9-8-13-6-4-5-7-14(13)12-15/h4-7,10-11,15,18H,8-9,12H2,1-3H3. The van der Waals surface area contributed by atoms with E-state index >= 15 is 0 Å². The van der Waals surface area contributed by atoms with E-state index in [0.717, 1.165) is 0 Å². The Hall–Kier alpha value is -0.600. The molecule has 0 saturated carbocycles. The molecule has 1 aromatic carbocycles. The molecular weight excluding hydrogens is 340 g/mol. The number of hydrogen-bond acceptors (Lipinski definition) is 1. The van der Waals surface area contributed by atoms with E-state index in [4.69, 9.17) is 0 Å². The topological polar surface area (TPSA) is 0 Å². The Morgan fingerprint density at radius 3 is 2.48 bits per heavy atom. The van der Waals surface area contributed by atoms with Crippen molar-refractivity contribution < 1.29 is 0 Å². The Kier molecular flexibility index (Phi) is 4.29. The molecule has 1 heterocycles. The molecule has 1 aromatic heterocycles. The fourth-order valence-electron chi connectivity index (χ4n) is 3.11. The molecule has 2 unspecified atom stereocenters. The Morgan fingerprint density at radius 2 is 1.81 bits per heavy atom. The van der Waals surface area contributed by atoms with E-state index in [0.29, 0.717) is 10.7 Å². The van der Waals surface area contributed by atoms with Crippen molar-refractivity contribution in [2.75, 3.05) is 0 Å². The zero-order valence-electron chi connectivity index (χ0n) is 13.0. The Morgan fingerprint density at radius 1 is 1.10 bits per heavy atom. The number of aryl methyl sites for hydroxylation is 1. The van der Waals surface area contributed by atoms with Crippen molar-refractivity contribution in [1.29, 1.82) is 0 Å². The fraction of sp³-hybridized carbons (Fsp3) is 0.474. The highest BCUT2D eigenvalue weighted by Gasteiger charge is 2.27. The molecule has 2 atom stereocenters. The second kappa shape index (κ2) is 5.89. The van der Waals surface area contributed by atoms with Crippen molar-refractivity contribution in [3.05, 3.63) is 57.3 Å². The number of rotatable bonds is 2. The van der Waals surface area contributed by atoms with Crippen LogP contribution in [-0.4, -0.2) is 0 Å². The molecule has 0 N–H and O–H groups in total. The molecule has 0 nitrogen and oxygen atoms in total. The van der Waals surface area contributed by atoms with Gasteiger partial charge < -0.3 is 0 Å². The van der Waals surface area contributed by atoms with Gasteiger partial charge in [-0.15, -0.1) is 11.3 Å². The van der Waals surface area contributed by atoms with Gasteiger partial charge in [-0.2, -0.15) is 0 Å². The Balaban J connectivity index is 1.77. The summed E-state index contributed by atoms with van der Waals surface area (Å²) in [7, 11) is 0. The van der Waals surface area contributed by atoms with Crippen LogP contribution in [0.25, 0.3) is 0 Å². The van der Waals surface area contributed by atoms with Crippen LogP contribution in [0.3, 0.4) is 0 Å². The summed E-state index contributed by atoms with van der Waals surface area (Å²) in [6.45, 7) is 6.88. The zero-order valence-corrected chi connectivity index (χ0v) is 15.4. The van der Waals surface area contributed by atoms with E-state index in [1.54, 1.807) is 11.1 Å². The van der Waals surface area contributed by atoms with Crippen LogP contribution in [-0.2, 0) is 18.3 Å². The maximum Gasteiger partial charge on any atom is 0.0520 e. The molecule has 0 saturated heterocycles. The minimum absolute atomic E-state index is 0.259. The second-order valence-corrected chi connectivity index (χ2v) is 9.23. The summed E-state index contributed by atoms with van der Waals surface area (Å²) < 4.78 is 0. The lowest BCUT2D eigenvalue weighted by atomic mass is 9.82. The highest BCUT2D eigenvalue weighted by atomic mass is 79.9. The van der Waals surface area contributed by atoms with Crippen molar-refractivity contribution in [1.82, 2.24) is 0 Å². The molecule has 112 valence electrons. The van der Waals surface area contributed by atoms with Crippen LogP contribution in [0.2, 0.25) is 0 Å². The van der Waals surface area contributed by atoms with Crippen molar-refractivity contribution in [2.45, 2.75) is 50.3 Å². The monoisotopic (exact) mass is 362 g/mol. The van der Waals surface area contributed by atoms with Gasteiger partial charge in [-0.1, -0.05) is 61.0 Å². The highest BCUT2D eigenvalue weighted by Crippen LogP contribution is 2.43. The number of hydrogen-bond donors (Lipinski definition) is 0. The van der Waals surface area contributed by atoms with E-state index < -0.39 is 0 Å². The van der Waals surface area contributed by atoms with Gasteiger partial charge in [0.25, 0.3) is 0 Å².